The van der Waals surface area contributed by atoms with Gasteiger partial charge in [-0.25, -0.2) is 0 Å². The number of methoxy groups -OCH3 is 1. The molecular formula is C24H17Br2ClN2O3. The van der Waals surface area contributed by atoms with E-state index in [1.807, 2.05) is 24.3 Å². The highest BCUT2D eigenvalue weighted by Gasteiger charge is 2.14. The minimum atomic E-state index is -0.530. The van der Waals surface area contributed by atoms with Gasteiger partial charge >= 0.3 is 0 Å². The molecule has 0 fully saturated rings. The molecule has 0 aliphatic rings. The number of rotatable bonds is 7. The molecule has 32 heavy (non-hydrogen) atoms. The molecule has 5 nitrogen and oxygen atoms in total. The fraction of sp³-hybridized carbons (Fsp3) is 0.0833. The second kappa shape index (κ2) is 11.2. The summed E-state index contributed by atoms with van der Waals surface area (Å²) in [6, 6.07) is 19.7. The molecule has 0 heterocycles. The van der Waals surface area contributed by atoms with E-state index in [0.717, 1.165) is 10.0 Å². The van der Waals surface area contributed by atoms with Crippen LogP contribution in [-0.2, 0) is 11.4 Å². The van der Waals surface area contributed by atoms with Gasteiger partial charge in [0.05, 0.1) is 11.6 Å². The van der Waals surface area contributed by atoms with Crippen LogP contribution in [0.15, 0.2) is 75.2 Å². The van der Waals surface area contributed by atoms with E-state index in [1.165, 1.54) is 6.08 Å². The van der Waals surface area contributed by atoms with Gasteiger partial charge in [0.1, 0.15) is 29.7 Å². The fourth-order valence-electron chi connectivity index (χ4n) is 2.75. The molecule has 8 heteroatoms. The van der Waals surface area contributed by atoms with Gasteiger partial charge in [0.15, 0.2) is 0 Å². The zero-order valence-corrected chi connectivity index (χ0v) is 20.8. The molecule has 1 amide bonds. The molecule has 0 spiro atoms. The second-order valence-corrected chi connectivity index (χ2v) is 8.78. The van der Waals surface area contributed by atoms with Gasteiger partial charge in [0.25, 0.3) is 5.91 Å². The lowest BCUT2D eigenvalue weighted by Gasteiger charge is -2.13. The monoisotopic (exact) mass is 574 g/mol. The summed E-state index contributed by atoms with van der Waals surface area (Å²) < 4.78 is 12.6. The summed E-state index contributed by atoms with van der Waals surface area (Å²) in [4.78, 5) is 12.7. The quantitative estimate of drug-likeness (QED) is 0.243. The minimum absolute atomic E-state index is 0.0674. The maximum Gasteiger partial charge on any atom is 0.266 e. The number of hydrogen-bond donors (Lipinski definition) is 1. The lowest BCUT2D eigenvalue weighted by molar-refractivity contribution is -0.112. The summed E-state index contributed by atoms with van der Waals surface area (Å²) in [6.07, 6.45) is 1.49. The van der Waals surface area contributed by atoms with Gasteiger partial charge in [-0.15, -0.1) is 0 Å². The molecule has 0 unspecified atom stereocenters. The molecule has 3 aromatic rings. The number of nitriles is 1. The van der Waals surface area contributed by atoms with Crippen LogP contribution in [0, 0.1) is 11.3 Å². The Kier molecular flexibility index (Phi) is 8.34. The number of benzene rings is 3. The van der Waals surface area contributed by atoms with Crippen molar-refractivity contribution < 1.29 is 14.3 Å². The maximum atomic E-state index is 12.7. The standard InChI is InChI=1S/C24H17Br2ClN2O3/c1-31-21-8-6-20(7-9-21)29-24(30)17(13-28)10-16-11-18(25)12-22(26)23(16)32-14-15-2-4-19(27)5-3-15/h2-12H,14H2,1H3,(H,29,30)/b17-10+. The van der Waals surface area contributed by atoms with Crippen molar-refractivity contribution in [3.8, 4) is 17.6 Å². The van der Waals surface area contributed by atoms with Crippen LogP contribution in [0.4, 0.5) is 5.69 Å². The second-order valence-electron chi connectivity index (χ2n) is 6.57. The van der Waals surface area contributed by atoms with Crippen molar-refractivity contribution in [3.63, 3.8) is 0 Å². The maximum absolute atomic E-state index is 12.7. The number of hydrogen-bond acceptors (Lipinski definition) is 4. The van der Waals surface area contributed by atoms with Crippen LogP contribution in [0.25, 0.3) is 6.08 Å². The van der Waals surface area contributed by atoms with Crippen LogP contribution in [0.5, 0.6) is 11.5 Å². The molecule has 0 saturated heterocycles. The number of ether oxygens (including phenoxy) is 2. The van der Waals surface area contributed by atoms with Crippen LogP contribution in [-0.4, -0.2) is 13.0 Å². The van der Waals surface area contributed by atoms with Gasteiger partial charge in [-0.1, -0.05) is 39.7 Å². The van der Waals surface area contributed by atoms with E-state index in [2.05, 4.69) is 37.2 Å². The summed E-state index contributed by atoms with van der Waals surface area (Å²) in [5, 5.41) is 13.0. The Bertz CT molecular complexity index is 1190. The highest BCUT2D eigenvalue weighted by atomic mass is 79.9. The fourth-order valence-corrected chi connectivity index (χ4v) is 4.25. The highest BCUT2D eigenvalue weighted by molar-refractivity contribution is 9.11. The van der Waals surface area contributed by atoms with Crippen LogP contribution in [0.1, 0.15) is 11.1 Å². The van der Waals surface area contributed by atoms with E-state index in [0.29, 0.717) is 32.2 Å². The van der Waals surface area contributed by atoms with Crippen molar-refractivity contribution in [2.45, 2.75) is 6.61 Å². The first-order valence-corrected chi connectivity index (χ1v) is 11.3. The topological polar surface area (TPSA) is 71.3 Å². The van der Waals surface area contributed by atoms with Crippen LogP contribution >= 0.6 is 43.5 Å². The first-order valence-electron chi connectivity index (χ1n) is 9.33. The average molecular weight is 577 g/mol. The molecule has 0 bridgehead atoms. The Balaban J connectivity index is 1.85. The number of nitrogens with one attached hydrogen (secondary N) is 1. The van der Waals surface area contributed by atoms with Crippen molar-refractivity contribution in [1.82, 2.24) is 0 Å². The Morgan fingerprint density at radius 1 is 1.12 bits per heavy atom. The minimum Gasteiger partial charge on any atom is -0.497 e. The van der Waals surface area contributed by atoms with Gasteiger partial charge in [-0.3, -0.25) is 4.79 Å². The molecule has 0 aliphatic heterocycles. The smallest absolute Gasteiger partial charge is 0.266 e. The lowest BCUT2D eigenvalue weighted by Crippen LogP contribution is -2.13. The average Bonchev–Trinajstić information content (AvgIpc) is 2.78. The lowest BCUT2D eigenvalue weighted by atomic mass is 10.1. The summed E-state index contributed by atoms with van der Waals surface area (Å²) in [7, 11) is 1.56. The molecule has 0 aliphatic carbocycles. The zero-order chi connectivity index (χ0) is 23.1. The Morgan fingerprint density at radius 3 is 2.44 bits per heavy atom. The van der Waals surface area contributed by atoms with E-state index < -0.39 is 5.91 Å². The van der Waals surface area contributed by atoms with Crippen molar-refractivity contribution in [2.24, 2.45) is 0 Å². The number of halogens is 3. The van der Waals surface area contributed by atoms with Crippen LogP contribution in [0.2, 0.25) is 5.02 Å². The molecule has 0 radical (unpaired) electrons. The molecular weight excluding hydrogens is 560 g/mol. The van der Waals surface area contributed by atoms with Crippen molar-refractivity contribution in [3.05, 3.63) is 91.3 Å². The van der Waals surface area contributed by atoms with E-state index >= 15 is 0 Å². The zero-order valence-electron chi connectivity index (χ0n) is 16.9. The SMILES string of the molecule is COc1ccc(NC(=O)/C(C#N)=C/c2cc(Br)cc(Br)c2OCc2ccc(Cl)cc2)cc1. The van der Waals surface area contributed by atoms with Crippen LogP contribution in [0.3, 0.4) is 0 Å². The predicted octanol–water partition coefficient (Wildman–Crippen LogP) is 7.00. The first kappa shape index (κ1) is 23.9. The van der Waals surface area contributed by atoms with E-state index in [4.69, 9.17) is 21.1 Å². The largest absolute Gasteiger partial charge is 0.497 e. The third-order valence-electron chi connectivity index (χ3n) is 4.35. The number of anilines is 1. The number of carbonyl (C=O) groups is 1. The molecule has 1 N–H and O–H groups in total. The van der Waals surface area contributed by atoms with E-state index in [9.17, 15) is 10.1 Å². The Hall–Kier alpha value is -2.79. The predicted molar refractivity (Wildman–Crippen MR) is 133 cm³/mol. The summed E-state index contributed by atoms with van der Waals surface area (Å²) in [5.74, 6) is 0.645. The Labute approximate surface area is 207 Å². The van der Waals surface area contributed by atoms with Crippen molar-refractivity contribution in [2.75, 3.05) is 12.4 Å². The molecule has 3 rings (SSSR count). The summed E-state index contributed by atoms with van der Waals surface area (Å²) in [5.41, 5.74) is 1.98. The van der Waals surface area contributed by atoms with Gasteiger partial charge in [0.2, 0.25) is 0 Å². The number of nitrogens with zero attached hydrogens (tertiary/aromatic N) is 1. The van der Waals surface area contributed by atoms with Crippen molar-refractivity contribution >= 4 is 61.1 Å². The van der Waals surface area contributed by atoms with Gasteiger partial charge in [-0.2, -0.15) is 5.26 Å². The number of amides is 1. The first-order chi connectivity index (χ1) is 15.4. The normalized spacial score (nSPS) is 10.9. The van der Waals surface area contributed by atoms with Gasteiger partial charge in [0, 0.05) is 20.7 Å². The van der Waals surface area contributed by atoms with Crippen molar-refractivity contribution in [1.29, 1.82) is 5.26 Å². The third kappa shape index (κ3) is 6.36. The molecule has 0 saturated carbocycles. The highest BCUT2D eigenvalue weighted by Crippen LogP contribution is 2.35. The van der Waals surface area contributed by atoms with Gasteiger partial charge < -0.3 is 14.8 Å². The molecule has 162 valence electrons. The molecule has 0 aromatic heterocycles. The van der Waals surface area contributed by atoms with E-state index in [-0.39, 0.29) is 12.2 Å². The summed E-state index contributed by atoms with van der Waals surface area (Å²) >= 11 is 12.9. The Morgan fingerprint density at radius 2 is 1.81 bits per heavy atom. The number of carbonyl (C=O) groups excluding carboxylic acids is 1. The summed E-state index contributed by atoms with van der Waals surface area (Å²) in [6.45, 7) is 0.290. The van der Waals surface area contributed by atoms with Gasteiger partial charge in [-0.05, 0) is 76.1 Å². The van der Waals surface area contributed by atoms with Crippen LogP contribution < -0.4 is 14.8 Å². The van der Waals surface area contributed by atoms with E-state index in [1.54, 1.807) is 49.6 Å². The molecule has 3 aromatic carbocycles. The third-order valence-corrected chi connectivity index (χ3v) is 5.65. The molecule has 0 atom stereocenters.